The minimum Gasteiger partial charge on any atom is -0.379 e. The van der Waals surface area contributed by atoms with E-state index < -0.39 is 0 Å². The maximum atomic E-state index is 5.49. The smallest absolute Gasteiger partial charge is 0.146 e. The van der Waals surface area contributed by atoms with E-state index in [0.717, 1.165) is 66.4 Å². The molecule has 8 heteroatoms. The lowest BCUT2D eigenvalue weighted by Crippen LogP contribution is -2.36. The van der Waals surface area contributed by atoms with Crippen LogP contribution in [0.5, 0.6) is 0 Å². The lowest BCUT2D eigenvalue weighted by atomic mass is 9.97. The van der Waals surface area contributed by atoms with Crippen molar-refractivity contribution in [3.63, 3.8) is 0 Å². The number of hydrogen-bond donors (Lipinski definition) is 1. The van der Waals surface area contributed by atoms with Gasteiger partial charge in [-0.15, -0.1) is 22.7 Å². The summed E-state index contributed by atoms with van der Waals surface area (Å²) >= 11 is 3.64. The second-order valence-electron chi connectivity index (χ2n) is 7.87. The lowest BCUT2D eigenvalue weighted by molar-refractivity contribution is 0.0331. The SMILES string of the molecule is Cc1nc(CNc2nc(CN3CCOCC3)nc3sc4c(c23)CCCC4)sc1C. The zero-order chi connectivity index (χ0) is 19.8. The van der Waals surface area contributed by atoms with Gasteiger partial charge in [0, 0.05) is 22.8 Å². The number of aromatic nitrogens is 3. The number of morpholine rings is 1. The minimum absolute atomic E-state index is 0.715. The van der Waals surface area contributed by atoms with Crippen LogP contribution in [0, 0.1) is 13.8 Å². The monoisotopic (exact) mass is 429 g/mol. The predicted octanol–water partition coefficient (Wildman–Crippen LogP) is 4.09. The Morgan fingerprint density at radius 2 is 1.86 bits per heavy atom. The van der Waals surface area contributed by atoms with E-state index in [2.05, 4.69) is 29.0 Å². The Kier molecular flexibility index (Phi) is 5.51. The Morgan fingerprint density at radius 3 is 2.66 bits per heavy atom. The number of nitrogens with zero attached hydrogens (tertiary/aromatic N) is 4. The van der Waals surface area contributed by atoms with Crippen molar-refractivity contribution in [3.05, 3.63) is 31.8 Å². The van der Waals surface area contributed by atoms with Crippen LogP contribution in [0.3, 0.4) is 0 Å². The van der Waals surface area contributed by atoms with Crippen LogP contribution in [0.15, 0.2) is 0 Å². The third kappa shape index (κ3) is 4.03. The summed E-state index contributed by atoms with van der Waals surface area (Å²) in [6.07, 6.45) is 4.87. The molecule has 0 amide bonds. The number of aryl methyl sites for hydroxylation is 4. The molecule has 29 heavy (non-hydrogen) atoms. The van der Waals surface area contributed by atoms with Crippen LogP contribution in [0.1, 0.15) is 44.7 Å². The highest BCUT2D eigenvalue weighted by molar-refractivity contribution is 7.19. The summed E-state index contributed by atoms with van der Waals surface area (Å²) in [5.74, 6) is 1.90. The van der Waals surface area contributed by atoms with Crippen molar-refractivity contribution in [2.45, 2.75) is 52.6 Å². The van der Waals surface area contributed by atoms with Gasteiger partial charge in [0.05, 0.1) is 37.4 Å². The molecule has 3 aromatic rings. The lowest BCUT2D eigenvalue weighted by Gasteiger charge is -2.25. The van der Waals surface area contributed by atoms with Crippen LogP contribution in [-0.4, -0.2) is 46.2 Å². The Bertz CT molecular complexity index is 1000. The fourth-order valence-corrected chi connectivity index (χ4v) is 6.29. The van der Waals surface area contributed by atoms with Crippen molar-refractivity contribution in [1.29, 1.82) is 0 Å². The summed E-state index contributed by atoms with van der Waals surface area (Å²) in [7, 11) is 0. The summed E-state index contributed by atoms with van der Waals surface area (Å²) in [6, 6.07) is 0. The summed E-state index contributed by atoms with van der Waals surface area (Å²) in [5, 5.41) is 5.99. The molecule has 0 radical (unpaired) electrons. The normalized spacial score (nSPS) is 17.6. The van der Waals surface area contributed by atoms with E-state index in [9.17, 15) is 0 Å². The average molecular weight is 430 g/mol. The first-order valence-electron chi connectivity index (χ1n) is 10.5. The fraction of sp³-hybridized carbons (Fsp3) is 0.571. The average Bonchev–Trinajstić information content (AvgIpc) is 3.26. The van der Waals surface area contributed by atoms with E-state index in [1.54, 1.807) is 11.3 Å². The number of fused-ring (bicyclic) bond motifs is 3. The predicted molar refractivity (Wildman–Crippen MR) is 119 cm³/mol. The minimum atomic E-state index is 0.715. The molecule has 0 saturated carbocycles. The Labute approximate surface area is 179 Å². The third-order valence-corrected chi connectivity index (χ3v) is 8.07. The van der Waals surface area contributed by atoms with Crippen LogP contribution < -0.4 is 5.32 Å². The first kappa shape index (κ1) is 19.4. The van der Waals surface area contributed by atoms with E-state index in [4.69, 9.17) is 14.7 Å². The summed E-state index contributed by atoms with van der Waals surface area (Å²) < 4.78 is 5.49. The third-order valence-electron chi connectivity index (χ3n) is 5.81. The van der Waals surface area contributed by atoms with Gasteiger partial charge in [-0.25, -0.2) is 15.0 Å². The van der Waals surface area contributed by atoms with Gasteiger partial charge in [-0.1, -0.05) is 0 Å². The van der Waals surface area contributed by atoms with Crippen molar-refractivity contribution in [3.8, 4) is 0 Å². The highest BCUT2D eigenvalue weighted by atomic mass is 32.1. The molecule has 0 unspecified atom stereocenters. The van der Waals surface area contributed by atoms with Gasteiger partial charge in [0.15, 0.2) is 0 Å². The first-order valence-corrected chi connectivity index (χ1v) is 12.1. The molecule has 0 atom stereocenters. The fourth-order valence-electron chi connectivity index (χ4n) is 4.13. The van der Waals surface area contributed by atoms with Crippen molar-refractivity contribution in [1.82, 2.24) is 19.9 Å². The second-order valence-corrected chi connectivity index (χ2v) is 10.2. The number of thiazole rings is 1. The molecule has 1 fully saturated rings. The molecule has 2 aliphatic rings. The van der Waals surface area contributed by atoms with E-state index in [0.29, 0.717) is 6.54 Å². The van der Waals surface area contributed by atoms with Gasteiger partial charge in [0.25, 0.3) is 0 Å². The molecule has 5 rings (SSSR count). The van der Waals surface area contributed by atoms with Crippen LogP contribution in [0.4, 0.5) is 5.82 Å². The highest BCUT2D eigenvalue weighted by Gasteiger charge is 2.22. The van der Waals surface area contributed by atoms with Gasteiger partial charge >= 0.3 is 0 Å². The van der Waals surface area contributed by atoms with Crippen LogP contribution in [0.25, 0.3) is 10.2 Å². The highest BCUT2D eigenvalue weighted by Crippen LogP contribution is 2.39. The molecule has 0 bridgehead atoms. The molecular weight excluding hydrogens is 402 g/mol. The van der Waals surface area contributed by atoms with E-state index in [1.807, 2.05) is 11.3 Å². The molecule has 0 spiro atoms. The van der Waals surface area contributed by atoms with Crippen molar-refractivity contribution in [2.24, 2.45) is 0 Å². The standard InChI is InChI=1S/C21H27N5OS2/c1-13-14(2)28-18(23-13)11-22-20-19-15-5-3-4-6-16(15)29-21(19)25-17(24-20)12-26-7-9-27-10-8-26/h3-12H2,1-2H3,(H,22,24,25). The molecular formula is C21H27N5OS2. The molecule has 154 valence electrons. The van der Waals surface area contributed by atoms with E-state index in [1.165, 1.54) is 40.0 Å². The molecule has 1 aliphatic heterocycles. The number of nitrogens with one attached hydrogen (secondary N) is 1. The molecule has 3 aromatic heterocycles. The van der Waals surface area contributed by atoms with E-state index >= 15 is 0 Å². The summed E-state index contributed by atoms with van der Waals surface area (Å²) in [5.41, 5.74) is 2.60. The quantitative estimate of drug-likeness (QED) is 0.659. The largest absolute Gasteiger partial charge is 0.379 e. The molecule has 1 aliphatic carbocycles. The Balaban J connectivity index is 1.48. The number of thiophene rings is 1. The molecule has 1 saturated heterocycles. The first-order chi connectivity index (χ1) is 14.2. The molecule has 0 aromatic carbocycles. The zero-order valence-corrected chi connectivity index (χ0v) is 18.7. The zero-order valence-electron chi connectivity index (χ0n) is 17.1. The van der Waals surface area contributed by atoms with Gasteiger partial charge in [-0.05, 0) is 45.1 Å². The Morgan fingerprint density at radius 1 is 1.03 bits per heavy atom. The molecule has 6 nitrogen and oxygen atoms in total. The number of rotatable bonds is 5. The molecule has 1 N–H and O–H groups in total. The van der Waals surface area contributed by atoms with Crippen LogP contribution >= 0.6 is 22.7 Å². The van der Waals surface area contributed by atoms with Crippen molar-refractivity contribution >= 4 is 38.7 Å². The summed E-state index contributed by atoms with van der Waals surface area (Å²) in [6.45, 7) is 9.19. The van der Waals surface area contributed by atoms with Crippen molar-refractivity contribution in [2.75, 3.05) is 31.6 Å². The van der Waals surface area contributed by atoms with Crippen LogP contribution in [0.2, 0.25) is 0 Å². The molecule has 4 heterocycles. The maximum Gasteiger partial charge on any atom is 0.146 e. The van der Waals surface area contributed by atoms with Gasteiger partial charge < -0.3 is 10.1 Å². The number of ether oxygens (including phenoxy) is 1. The van der Waals surface area contributed by atoms with Gasteiger partial charge in [0.2, 0.25) is 0 Å². The van der Waals surface area contributed by atoms with E-state index in [-0.39, 0.29) is 0 Å². The maximum absolute atomic E-state index is 5.49. The van der Waals surface area contributed by atoms with Gasteiger partial charge in [-0.3, -0.25) is 4.90 Å². The number of anilines is 1. The summed E-state index contributed by atoms with van der Waals surface area (Å²) in [4.78, 5) is 21.0. The second kappa shape index (κ2) is 8.26. The van der Waals surface area contributed by atoms with Crippen LogP contribution in [-0.2, 0) is 30.7 Å². The number of hydrogen-bond acceptors (Lipinski definition) is 8. The topological polar surface area (TPSA) is 63.2 Å². The van der Waals surface area contributed by atoms with Crippen molar-refractivity contribution < 1.29 is 4.74 Å². The Hall–Kier alpha value is -1.61. The van der Waals surface area contributed by atoms with Gasteiger partial charge in [-0.2, -0.15) is 0 Å². The van der Waals surface area contributed by atoms with Gasteiger partial charge in [0.1, 0.15) is 21.5 Å².